The molecule has 0 aliphatic heterocycles. The minimum absolute atomic E-state index is 0.0942. The van der Waals surface area contributed by atoms with Gasteiger partial charge >= 0.3 is 0 Å². The van der Waals surface area contributed by atoms with E-state index in [-0.39, 0.29) is 5.38 Å². The van der Waals surface area contributed by atoms with Crippen LogP contribution in [0, 0.1) is 6.92 Å². The van der Waals surface area contributed by atoms with Gasteiger partial charge in [-0.05, 0) is 31.0 Å². The van der Waals surface area contributed by atoms with Crippen LogP contribution in [0.3, 0.4) is 0 Å². The highest BCUT2D eigenvalue weighted by Crippen LogP contribution is 2.24. The van der Waals surface area contributed by atoms with Gasteiger partial charge in [0.1, 0.15) is 5.69 Å². The molecular formula is C12H13Cl2N3. The van der Waals surface area contributed by atoms with Crippen molar-refractivity contribution in [3.63, 3.8) is 0 Å². The molecular weight excluding hydrogens is 257 g/mol. The topological polar surface area (TPSA) is 30.7 Å². The molecule has 2 aromatic rings. The molecule has 5 heteroatoms. The maximum atomic E-state index is 6.12. The molecule has 0 aliphatic rings. The molecule has 3 nitrogen and oxygen atoms in total. The van der Waals surface area contributed by atoms with E-state index in [1.54, 1.807) is 4.68 Å². The predicted molar refractivity (Wildman–Crippen MR) is 70.0 cm³/mol. The molecule has 1 atom stereocenters. The number of hydrogen-bond donors (Lipinski definition) is 0. The third-order valence-electron chi connectivity index (χ3n) is 2.68. The maximum absolute atomic E-state index is 6.12. The van der Waals surface area contributed by atoms with Gasteiger partial charge in [0.25, 0.3) is 0 Å². The number of benzene rings is 1. The van der Waals surface area contributed by atoms with Crippen LogP contribution >= 0.6 is 23.2 Å². The SMILES string of the molecule is CCC(Cl)c1cn(-c2cccc(Cl)c2C)nn1. The molecule has 0 fully saturated rings. The van der Waals surface area contributed by atoms with E-state index in [4.69, 9.17) is 23.2 Å². The van der Waals surface area contributed by atoms with Crippen molar-refractivity contribution < 1.29 is 0 Å². The van der Waals surface area contributed by atoms with Gasteiger partial charge in [-0.25, -0.2) is 4.68 Å². The summed E-state index contributed by atoms with van der Waals surface area (Å²) in [5.74, 6) is 0. The second-order valence-electron chi connectivity index (χ2n) is 3.85. The quantitative estimate of drug-likeness (QED) is 0.791. The Labute approximate surface area is 110 Å². The van der Waals surface area contributed by atoms with Crippen LogP contribution in [0.5, 0.6) is 0 Å². The van der Waals surface area contributed by atoms with E-state index in [9.17, 15) is 0 Å². The molecule has 0 N–H and O–H groups in total. The molecule has 1 aromatic heterocycles. The third kappa shape index (κ3) is 2.45. The van der Waals surface area contributed by atoms with Crippen LogP contribution in [0.15, 0.2) is 24.4 Å². The van der Waals surface area contributed by atoms with Crippen molar-refractivity contribution in [2.24, 2.45) is 0 Å². The summed E-state index contributed by atoms with van der Waals surface area (Å²) in [5.41, 5.74) is 2.69. The fraction of sp³-hybridized carbons (Fsp3) is 0.333. The summed E-state index contributed by atoms with van der Waals surface area (Å²) in [6, 6.07) is 5.70. The van der Waals surface area contributed by atoms with E-state index in [1.807, 2.05) is 38.2 Å². The van der Waals surface area contributed by atoms with Crippen molar-refractivity contribution in [1.82, 2.24) is 15.0 Å². The van der Waals surface area contributed by atoms with Gasteiger partial charge in [-0.1, -0.05) is 29.8 Å². The van der Waals surface area contributed by atoms with E-state index in [1.165, 1.54) is 0 Å². The number of hydrogen-bond acceptors (Lipinski definition) is 2. The first kappa shape index (κ1) is 12.4. The van der Waals surface area contributed by atoms with E-state index in [0.29, 0.717) is 0 Å². The molecule has 2 rings (SSSR count). The number of halogens is 2. The second-order valence-corrected chi connectivity index (χ2v) is 4.78. The van der Waals surface area contributed by atoms with Crippen molar-refractivity contribution >= 4 is 23.2 Å². The van der Waals surface area contributed by atoms with Crippen molar-refractivity contribution in [3.05, 3.63) is 40.7 Å². The minimum Gasteiger partial charge on any atom is -0.220 e. The van der Waals surface area contributed by atoms with Crippen molar-refractivity contribution in [2.75, 3.05) is 0 Å². The highest BCUT2D eigenvalue weighted by Gasteiger charge is 2.12. The normalized spacial score (nSPS) is 12.7. The van der Waals surface area contributed by atoms with E-state index in [2.05, 4.69) is 10.3 Å². The number of rotatable bonds is 3. The maximum Gasteiger partial charge on any atom is 0.101 e. The monoisotopic (exact) mass is 269 g/mol. The zero-order valence-electron chi connectivity index (χ0n) is 9.69. The molecule has 0 saturated carbocycles. The highest BCUT2D eigenvalue weighted by atomic mass is 35.5. The van der Waals surface area contributed by atoms with Crippen LogP contribution in [0.2, 0.25) is 5.02 Å². The lowest BCUT2D eigenvalue weighted by molar-refractivity contribution is 0.783. The van der Waals surface area contributed by atoms with Gasteiger partial charge in [0.15, 0.2) is 0 Å². The average Bonchev–Trinajstić information content (AvgIpc) is 2.81. The van der Waals surface area contributed by atoms with Gasteiger partial charge in [0.2, 0.25) is 0 Å². The summed E-state index contributed by atoms with van der Waals surface area (Å²) >= 11 is 12.2. The third-order valence-corrected chi connectivity index (χ3v) is 3.62. The first-order valence-corrected chi connectivity index (χ1v) is 6.26. The summed E-state index contributed by atoms with van der Waals surface area (Å²) in [7, 11) is 0. The van der Waals surface area contributed by atoms with E-state index >= 15 is 0 Å². The summed E-state index contributed by atoms with van der Waals surface area (Å²) in [6.07, 6.45) is 2.68. The Hall–Kier alpha value is -1.06. The predicted octanol–water partition coefficient (Wildman–Crippen LogP) is 3.92. The van der Waals surface area contributed by atoms with Gasteiger partial charge in [-0.2, -0.15) is 0 Å². The molecule has 1 heterocycles. The molecule has 0 saturated heterocycles. The Morgan fingerprint density at radius 2 is 2.18 bits per heavy atom. The molecule has 17 heavy (non-hydrogen) atoms. The van der Waals surface area contributed by atoms with Crippen molar-refractivity contribution in [1.29, 1.82) is 0 Å². The molecule has 0 radical (unpaired) electrons. The van der Waals surface area contributed by atoms with Crippen LogP contribution in [-0.4, -0.2) is 15.0 Å². The van der Waals surface area contributed by atoms with Crippen molar-refractivity contribution in [2.45, 2.75) is 25.6 Å². The second kappa shape index (κ2) is 5.07. The first-order valence-electron chi connectivity index (χ1n) is 5.45. The Morgan fingerprint density at radius 1 is 1.41 bits per heavy atom. The van der Waals surface area contributed by atoms with Crippen LogP contribution in [-0.2, 0) is 0 Å². The Kier molecular flexibility index (Phi) is 3.69. The smallest absolute Gasteiger partial charge is 0.101 e. The number of aromatic nitrogens is 3. The molecule has 0 spiro atoms. The first-order chi connectivity index (χ1) is 8.13. The van der Waals surface area contributed by atoms with Gasteiger partial charge < -0.3 is 0 Å². The van der Waals surface area contributed by atoms with Crippen LogP contribution in [0.25, 0.3) is 5.69 Å². The Bertz CT molecular complexity index is 522. The summed E-state index contributed by atoms with van der Waals surface area (Å²) < 4.78 is 1.71. The van der Waals surface area contributed by atoms with Crippen LogP contribution in [0.4, 0.5) is 0 Å². The lowest BCUT2D eigenvalue weighted by Gasteiger charge is -2.06. The average molecular weight is 270 g/mol. The Morgan fingerprint density at radius 3 is 2.88 bits per heavy atom. The summed E-state index contributed by atoms with van der Waals surface area (Å²) in [6.45, 7) is 3.97. The minimum atomic E-state index is -0.0942. The molecule has 1 unspecified atom stereocenters. The molecule has 0 amide bonds. The van der Waals surface area contributed by atoms with Gasteiger partial charge in [0, 0.05) is 5.02 Å². The zero-order chi connectivity index (χ0) is 12.4. The number of nitrogens with zero attached hydrogens (tertiary/aromatic N) is 3. The molecule has 0 bridgehead atoms. The van der Waals surface area contributed by atoms with Gasteiger partial charge in [0.05, 0.1) is 17.3 Å². The summed E-state index contributed by atoms with van der Waals surface area (Å²) in [5, 5.41) is 8.78. The van der Waals surface area contributed by atoms with Crippen LogP contribution < -0.4 is 0 Å². The lowest BCUT2D eigenvalue weighted by atomic mass is 10.2. The number of alkyl halides is 1. The fourth-order valence-corrected chi connectivity index (χ4v) is 1.86. The van der Waals surface area contributed by atoms with Gasteiger partial charge in [-0.15, -0.1) is 16.7 Å². The standard InChI is InChI=1S/C12H13Cl2N3/c1-3-9(13)11-7-17(16-15-11)12-6-4-5-10(14)8(12)2/h4-7,9H,3H2,1-2H3. The highest BCUT2D eigenvalue weighted by molar-refractivity contribution is 6.31. The van der Waals surface area contributed by atoms with E-state index in [0.717, 1.165) is 28.4 Å². The molecule has 1 aromatic carbocycles. The summed E-state index contributed by atoms with van der Waals surface area (Å²) in [4.78, 5) is 0. The molecule has 90 valence electrons. The largest absolute Gasteiger partial charge is 0.220 e. The zero-order valence-corrected chi connectivity index (χ0v) is 11.2. The Balaban J connectivity index is 2.40. The fourth-order valence-electron chi connectivity index (χ4n) is 1.59. The van der Waals surface area contributed by atoms with Crippen LogP contribution in [0.1, 0.15) is 30.0 Å². The lowest BCUT2D eigenvalue weighted by Crippen LogP contribution is -1.98. The van der Waals surface area contributed by atoms with E-state index < -0.39 is 0 Å². The molecule has 0 aliphatic carbocycles. The van der Waals surface area contributed by atoms with Gasteiger partial charge in [-0.3, -0.25) is 0 Å². The van der Waals surface area contributed by atoms with Crippen molar-refractivity contribution in [3.8, 4) is 5.69 Å².